The molecule has 0 aliphatic rings. The van der Waals surface area contributed by atoms with Crippen LogP contribution in [0.5, 0.6) is 0 Å². The smallest absolute Gasteiger partial charge is 0.305 e. The molecule has 0 bridgehead atoms. The Morgan fingerprint density at radius 1 is 1.20 bits per heavy atom. The van der Waals surface area contributed by atoms with Crippen molar-refractivity contribution < 1.29 is 14.6 Å². The molecule has 15 heavy (non-hydrogen) atoms. The minimum Gasteiger partial charge on any atom is -0.463 e. The second-order valence-corrected chi connectivity index (χ2v) is 5.07. The molecular formula is C12H24O3. The van der Waals surface area contributed by atoms with Gasteiger partial charge in [-0.3, -0.25) is 4.79 Å². The number of hydrogen-bond acceptors (Lipinski definition) is 3. The number of carbonyl (C=O) groups excluding carboxylic acids is 1. The topological polar surface area (TPSA) is 46.5 Å². The number of aliphatic hydroxyl groups is 1. The SMILES string of the molecule is CC(C)(C)CCCCCC(=O)OCCO. The fourth-order valence-electron chi connectivity index (χ4n) is 1.33. The van der Waals surface area contributed by atoms with Crippen LogP contribution in [-0.2, 0) is 9.53 Å². The zero-order valence-electron chi connectivity index (χ0n) is 10.2. The summed E-state index contributed by atoms with van der Waals surface area (Å²) in [6.45, 7) is 6.71. The number of carbonyl (C=O) groups is 1. The summed E-state index contributed by atoms with van der Waals surface area (Å²) < 4.78 is 4.75. The molecule has 1 N–H and O–H groups in total. The van der Waals surface area contributed by atoms with E-state index in [0.717, 1.165) is 19.3 Å². The van der Waals surface area contributed by atoms with Gasteiger partial charge in [0.25, 0.3) is 0 Å². The Bertz CT molecular complexity index is 170. The van der Waals surface area contributed by atoms with E-state index < -0.39 is 0 Å². The first-order chi connectivity index (χ1) is 6.95. The molecule has 0 fully saturated rings. The Kier molecular flexibility index (Phi) is 7.39. The molecular weight excluding hydrogens is 192 g/mol. The third-order valence-electron chi connectivity index (χ3n) is 2.16. The molecule has 0 saturated heterocycles. The van der Waals surface area contributed by atoms with Crippen molar-refractivity contribution in [2.75, 3.05) is 13.2 Å². The number of rotatable bonds is 7. The van der Waals surface area contributed by atoms with Gasteiger partial charge in [-0.2, -0.15) is 0 Å². The van der Waals surface area contributed by atoms with Gasteiger partial charge in [-0.25, -0.2) is 0 Å². The summed E-state index contributed by atoms with van der Waals surface area (Å²) in [5.74, 6) is -0.195. The van der Waals surface area contributed by atoms with Crippen molar-refractivity contribution in [2.24, 2.45) is 5.41 Å². The van der Waals surface area contributed by atoms with Gasteiger partial charge in [0.1, 0.15) is 6.61 Å². The average Bonchev–Trinajstić information content (AvgIpc) is 2.12. The van der Waals surface area contributed by atoms with Crippen molar-refractivity contribution in [1.82, 2.24) is 0 Å². The minimum absolute atomic E-state index is 0.0875. The van der Waals surface area contributed by atoms with Gasteiger partial charge in [0.05, 0.1) is 6.61 Å². The first kappa shape index (κ1) is 14.4. The maximum atomic E-state index is 11.0. The maximum Gasteiger partial charge on any atom is 0.305 e. The molecule has 0 amide bonds. The molecule has 0 saturated carbocycles. The molecule has 0 aliphatic carbocycles. The summed E-state index contributed by atoms with van der Waals surface area (Å²) in [5, 5.41) is 8.44. The summed E-state index contributed by atoms with van der Waals surface area (Å²) in [6, 6.07) is 0. The summed E-state index contributed by atoms with van der Waals surface area (Å²) in [6.07, 6.45) is 4.80. The van der Waals surface area contributed by atoms with Gasteiger partial charge >= 0.3 is 5.97 Å². The fraction of sp³-hybridized carbons (Fsp3) is 0.917. The van der Waals surface area contributed by atoms with Crippen molar-refractivity contribution in [3.8, 4) is 0 Å². The van der Waals surface area contributed by atoms with Crippen LogP contribution >= 0.6 is 0 Å². The van der Waals surface area contributed by atoms with E-state index in [-0.39, 0.29) is 19.2 Å². The van der Waals surface area contributed by atoms with Crippen molar-refractivity contribution in [3.63, 3.8) is 0 Å². The van der Waals surface area contributed by atoms with E-state index in [1.807, 2.05) is 0 Å². The van der Waals surface area contributed by atoms with E-state index in [1.54, 1.807) is 0 Å². The third-order valence-corrected chi connectivity index (χ3v) is 2.16. The molecule has 0 spiro atoms. The van der Waals surface area contributed by atoms with Gasteiger partial charge in [0, 0.05) is 6.42 Å². The average molecular weight is 216 g/mol. The van der Waals surface area contributed by atoms with Gasteiger partial charge in [0.15, 0.2) is 0 Å². The standard InChI is InChI=1S/C12H24O3/c1-12(2,3)8-6-4-5-7-11(14)15-10-9-13/h13H,4-10H2,1-3H3. The van der Waals surface area contributed by atoms with Crippen LogP contribution in [0.3, 0.4) is 0 Å². The number of hydrogen-bond donors (Lipinski definition) is 1. The lowest BCUT2D eigenvalue weighted by Crippen LogP contribution is -2.08. The second-order valence-electron chi connectivity index (χ2n) is 5.07. The van der Waals surface area contributed by atoms with Crippen molar-refractivity contribution >= 4 is 5.97 Å². The molecule has 90 valence electrons. The van der Waals surface area contributed by atoms with Crippen LogP contribution < -0.4 is 0 Å². The van der Waals surface area contributed by atoms with Crippen LogP contribution in [0.4, 0.5) is 0 Å². The molecule has 3 heteroatoms. The van der Waals surface area contributed by atoms with Crippen LogP contribution in [0.1, 0.15) is 52.9 Å². The van der Waals surface area contributed by atoms with E-state index in [9.17, 15) is 4.79 Å². The van der Waals surface area contributed by atoms with Crippen LogP contribution in [0, 0.1) is 5.41 Å². The van der Waals surface area contributed by atoms with Gasteiger partial charge in [0.2, 0.25) is 0 Å². The van der Waals surface area contributed by atoms with Gasteiger partial charge in [-0.1, -0.05) is 33.6 Å². The monoisotopic (exact) mass is 216 g/mol. The van der Waals surface area contributed by atoms with Crippen LogP contribution in [-0.4, -0.2) is 24.3 Å². The highest BCUT2D eigenvalue weighted by atomic mass is 16.5. The molecule has 0 aromatic heterocycles. The number of unbranched alkanes of at least 4 members (excludes halogenated alkanes) is 2. The predicted octanol–water partition coefficient (Wildman–Crippen LogP) is 2.52. The Balaban J connectivity index is 3.27. The Morgan fingerprint density at radius 3 is 2.40 bits per heavy atom. The number of aliphatic hydroxyl groups excluding tert-OH is 1. The predicted molar refractivity (Wildman–Crippen MR) is 60.6 cm³/mol. The largest absolute Gasteiger partial charge is 0.463 e. The van der Waals surface area contributed by atoms with E-state index in [0.29, 0.717) is 11.8 Å². The van der Waals surface area contributed by atoms with Crippen LogP contribution in [0.2, 0.25) is 0 Å². The minimum atomic E-state index is -0.195. The fourth-order valence-corrected chi connectivity index (χ4v) is 1.33. The number of esters is 1. The second kappa shape index (κ2) is 7.69. The molecule has 0 aliphatic heterocycles. The van der Waals surface area contributed by atoms with Gasteiger partial charge in [-0.15, -0.1) is 0 Å². The quantitative estimate of drug-likeness (QED) is 0.525. The third kappa shape index (κ3) is 11.4. The molecule has 0 atom stereocenters. The molecule has 0 aromatic rings. The molecule has 0 aromatic carbocycles. The molecule has 0 heterocycles. The van der Waals surface area contributed by atoms with Crippen LogP contribution in [0.25, 0.3) is 0 Å². The Hall–Kier alpha value is -0.570. The van der Waals surface area contributed by atoms with E-state index in [4.69, 9.17) is 9.84 Å². The zero-order valence-corrected chi connectivity index (χ0v) is 10.2. The molecule has 0 radical (unpaired) electrons. The number of ether oxygens (including phenoxy) is 1. The highest BCUT2D eigenvalue weighted by Gasteiger charge is 2.09. The highest BCUT2D eigenvalue weighted by Crippen LogP contribution is 2.22. The summed E-state index contributed by atoms with van der Waals surface area (Å²) in [4.78, 5) is 11.0. The molecule has 0 unspecified atom stereocenters. The normalized spacial score (nSPS) is 11.5. The van der Waals surface area contributed by atoms with E-state index >= 15 is 0 Å². The van der Waals surface area contributed by atoms with Gasteiger partial charge < -0.3 is 9.84 Å². The lowest BCUT2D eigenvalue weighted by molar-refractivity contribution is -0.144. The Morgan fingerprint density at radius 2 is 1.87 bits per heavy atom. The maximum absolute atomic E-state index is 11.0. The first-order valence-electron chi connectivity index (χ1n) is 5.72. The Labute approximate surface area is 92.8 Å². The first-order valence-corrected chi connectivity index (χ1v) is 5.72. The molecule has 0 rings (SSSR count). The van der Waals surface area contributed by atoms with Crippen molar-refractivity contribution in [1.29, 1.82) is 0 Å². The molecule has 3 nitrogen and oxygen atoms in total. The summed E-state index contributed by atoms with van der Waals surface area (Å²) in [5.41, 5.74) is 0.386. The van der Waals surface area contributed by atoms with Crippen LogP contribution in [0.15, 0.2) is 0 Å². The lowest BCUT2D eigenvalue weighted by Gasteiger charge is -2.17. The summed E-state index contributed by atoms with van der Waals surface area (Å²) in [7, 11) is 0. The van der Waals surface area contributed by atoms with Crippen molar-refractivity contribution in [2.45, 2.75) is 52.9 Å². The summed E-state index contributed by atoms with van der Waals surface area (Å²) >= 11 is 0. The lowest BCUT2D eigenvalue weighted by atomic mass is 9.89. The van der Waals surface area contributed by atoms with Crippen molar-refractivity contribution in [3.05, 3.63) is 0 Å². The van der Waals surface area contributed by atoms with Gasteiger partial charge in [-0.05, 0) is 18.3 Å². The van der Waals surface area contributed by atoms with E-state index in [1.165, 1.54) is 6.42 Å². The zero-order chi connectivity index (χ0) is 11.7. The highest BCUT2D eigenvalue weighted by molar-refractivity contribution is 5.69. The van der Waals surface area contributed by atoms with E-state index in [2.05, 4.69) is 20.8 Å².